The van der Waals surface area contributed by atoms with Crippen LogP contribution in [0.2, 0.25) is 0 Å². The highest BCUT2D eigenvalue weighted by Gasteiger charge is 2.16. The van der Waals surface area contributed by atoms with Gasteiger partial charge in [-0.2, -0.15) is 5.10 Å². The molecular formula is C13H8N6O3. The number of carbonyl (C=O) groups is 1. The molecule has 1 aromatic carbocycles. The summed E-state index contributed by atoms with van der Waals surface area (Å²) in [6, 6.07) is 6.73. The van der Waals surface area contributed by atoms with E-state index in [0.717, 1.165) is 5.56 Å². The molecule has 2 aromatic heterocycles. The summed E-state index contributed by atoms with van der Waals surface area (Å²) in [6.07, 6.45) is 1.37. The quantitative estimate of drug-likeness (QED) is 0.610. The van der Waals surface area contributed by atoms with Gasteiger partial charge in [0.25, 0.3) is 5.88 Å². The smallest absolute Gasteiger partial charge is 0.359 e. The lowest BCUT2D eigenvalue weighted by Gasteiger charge is -2.02. The third-order valence-electron chi connectivity index (χ3n) is 2.54. The van der Waals surface area contributed by atoms with Crippen LogP contribution in [0.5, 0.6) is 11.6 Å². The average molecular weight is 296 g/mol. The number of nitrogens with one attached hydrogen (secondary N) is 2. The summed E-state index contributed by atoms with van der Waals surface area (Å²) in [5.74, 6) is 5.28. The van der Waals surface area contributed by atoms with Crippen LogP contribution in [0.15, 0.2) is 30.6 Å². The van der Waals surface area contributed by atoms with Gasteiger partial charge in [0.05, 0.1) is 0 Å². The van der Waals surface area contributed by atoms with Crippen molar-refractivity contribution in [2.45, 2.75) is 0 Å². The highest BCUT2D eigenvalue weighted by Crippen LogP contribution is 2.21. The maximum atomic E-state index is 10.9. The number of nitrogens with zero attached hydrogens (tertiary/aromatic N) is 4. The normalized spacial score (nSPS) is 9.82. The maximum Gasteiger partial charge on any atom is 0.359 e. The highest BCUT2D eigenvalue weighted by molar-refractivity contribution is 5.87. The molecule has 0 bridgehead atoms. The van der Waals surface area contributed by atoms with Crippen LogP contribution in [0, 0.1) is 11.8 Å². The van der Waals surface area contributed by atoms with Crippen LogP contribution in [0.4, 0.5) is 0 Å². The van der Waals surface area contributed by atoms with E-state index in [-0.39, 0.29) is 11.6 Å². The zero-order chi connectivity index (χ0) is 15.4. The monoisotopic (exact) mass is 296 g/mol. The zero-order valence-electron chi connectivity index (χ0n) is 10.9. The Morgan fingerprint density at radius 1 is 1.18 bits per heavy atom. The summed E-state index contributed by atoms with van der Waals surface area (Å²) in [7, 11) is 0. The summed E-state index contributed by atoms with van der Waals surface area (Å²) in [4.78, 5) is 14.8. The molecule has 0 aliphatic heterocycles. The van der Waals surface area contributed by atoms with E-state index in [1.165, 1.54) is 6.33 Å². The van der Waals surface area contributed by atoms with Crippen LogP contribution in [-0.4, -0.2) is 41.7 Å². The maximum absolute atomic E-state index is 10.9. The Bertz CT molecular complexity index is 842. The summed E-state index contributed by atoms with van der Waals surface area (Å²) in [6.45, 7) is 0. The van der Waals surface area contributed by atoms with Gasteiger partial charge in [0.15, 0.2) is 0 Å². The Morgan fingerprint density at radius 3 is 2.68 bits per heavy atom. The van der Waals surface area contributed by atoms with Crippen molar-refractivity contribution < 1.29 is 14.6 Å². The predicted octanol–water partition coefficient (Wildman–Crippen LogP) is 0.813. The number of aromatic amines is 2. The van der Waals surface area contributed by atoms with Gasteiger partial charge in [-0.05, 0) is 30.2 Å². The van der Waals surface area contributed by atoms with E-state index < -0.39 is 5.97 Å². The number of rotatable bonds is 3. The number of carboxylic acids is 1. The molecule has 9 heteroatoms. The van der Waals surface area contributed by atoms with Crippen LogP contribution < -0.4 is 4.74 Å². The van der Waals surface area contributed by atoms with Crippen LogP contribution in [0.1, 0.15) is 21.9 Å². The van der Waals surface area contributed by atoms with Crippen LogP contribution in [-0.2, 0) is 0 Å². The molecule has 3 rings (SSSR count). The Hall–Kier alpha value is -3.67. The molecule has 3 N–H and O–H groups in total. The van der Waals surface area contributed by atoms with Crippen LogP contribution >= 0.6 is 0 Å². The highest BCUT2D eigenvalue weighted by atomic mass is 16.5. The Labute approximate surface area is 123 Å². The van der Waals surface area contributed by atoms with Crippen LogP contribution in [0.25, 0.3) is 0 Å². The summed E-state index contributed by atoms with van der Waals surface area (Å²) >= 11 is 0. The Balaban J connectivity index is 1.74. The molecule has 0 unspecified atom stereocenters. The van der Waals surface area contributed by atoms with Gasteiger partial charge in [-0.15, -0.1) is 0 Å². The van der Waals surface area contributed by atoms with Crippen LogP contribution in [0.3, 0.4) is 0 Å². The first kappa shape index (κ1) is 13.3. The number of hydrogen-bond donors (Lipinski definition) is 3. The Kier molecular flexibility index (Phi) is 3.49. The molecule has 0 saturated carbocycles. The minimum absolute atomic E-state index is 0.104. The molecule has 0 aliphatic carbocycles. The van der Waals surface area contributed by atoms with Crippen molar-refractivity contribution in [1.29, 1.82) is 0 Å². The van der Waals surface area contributed by atoms with E-state index >= 15 is 0 Å². The van der Waals surface area contributed by atoms with Crippen molar-refractivity contribution in [1.82, 2.24) is 30.6 Å². The molecule has 0 fully saturated rings. The fourth-order valence-electron chi connectivity index (χ4n) is 1.54. The van der Waals surface area contributed by atoms with Crippen molar-refractivity contribution in [2.24, 2.45) is 0 Å². The van der Waals surface area contributed by atoms with Crippen molar-refractivity contribution >= 4 is 5.97 Å². The van der Waals surface area contributed by atoms with Gasteiger partial charge in [-0.1, -0.05) is 16.2 Å². The van der Waals surface area contributed by atoms with E-state index in [9.17, 15) is 4.79 Å². The van der Waals surface area contributed by atoms with Gasteiger partial charge in [0.1, 0.15) is 12.1 Å². The van der Waals surface area contributed by atoms with E-state index in [1.54, 1.807) is 24.3 Å². The van der Waals surface area contributed by atoms with Gasteiger partial charge < -0.3 is 9.84 Å². The van der Waals surface area contributed by atoms with Gasteiger partial charge in [-0.3, -0.25) is 5.10 Å². The molecule has 0 atom stereocenters. The van der Waals surface area contributed by atoms with E-state index in [1.807, 2.05) is 0 Å². The molecule has 2 heterocycles. The molecular weight excluding hydrogens is 288 g/mol. The van der Waals surface area contributed by atoms with Gasteiger partial charge in [-0.25, -0.2) is 14.9 Å². The van der Waals surface area contributed by atoms with Crippen molar-refractivity contribution in [3.8, 4) is 23.5 Å². The lowest BCUT2D eigenvalue weighted by Crippen LogP contribution is -1.99. The van der Waals surface area contributed by atoms with E-state index in [2.05, 4.69) is 42.4 Å². The number of hydrogen-bond acceptors (Lipinski definition) is 6. The number of benzene rings is 1. The lowest BCUT2D eigenvalue weighted by atomic mass is 10.2. The molecule has 0 radical (unpaired) electrons. The molecule has 9 nitrogen and oxygen atoms in total. The lowest BCUT2D eigenvalue weighted by molar-refractivity contribution is 0.0687. The number of ether oxygens (including phenoxy) is 1. The van der Waals surface area contributed by atoms with Crippen molar-refractivity contribution in [3.63, 3.8) is 0 Å². The third-order valence-corrected chi connectivity index (χ3v) is 2.54. The van der Waals surface area contributed by atoms with Crippen molar-refractivity contribution in [2.75, 3.05) is 0 Å². The second kappa shape index (κ2) is 5.76. The topological polar surface area (TPSA) is 130 Å². The SMILES string of the molecule is O=C(O)c1[nH]nnc1Oc1ccc(C#Cc2ncn[nH]2)cc1. The first-order valence-electron chi connectivity index (χ1n) is 6.02. The fourth-order valence-corrected chi connectivity index (χ4v) is 1.54. The standard InChI is InChI=1S/C13H8N6O3/c20-13(21)11-12(18-19-17-11)22-9-4-1-8(2-5-9)3-6-10-14-7-15-16-10/h1-2,4-5,7H,(H,20,21)(H,14,15,16)(H,17,18,19). The van der Waals surface area contributed by atoms with Gasteiger partial charge in [0.2, 0.25) is 11.5 Å². The largest absolute Gasteiger partial charge is 0.476 e. The molecule has 0 spiro atoms. The third kappa shape index (κ3) is 2.91. The van der Waals surface area contributed by atoms with Gasteiger partial charge in [0, 0.05) is 5.56 Å². The fraction of sp³-hybridized carbons (Fsp3) is 0. The minimum atomic E-state index is -1.20. The molecule has 0 amide bonds. The number of aromatic nitrogens is 6. The second-order valence-corrected chi connectivity index (χ2v) is 4.01. The first-order chi connectivity index (χ1) is 10.7. The number of aromatic carboxylic acids is 1. The summed E-state index contributed by atoms with van der Waals surface area (Å²) in [5, 5.41) is 24.4. The van der Waals surface area contributed by atoms with E-state index in [4.69, 9.17) is 9.84 Å². The predicted molar refractivity (Wildman–Crippen MR) is 72.2 cm³/mol. The summed E-state index contributed by atoms with van der Waals surface area (Å²) in [5.41, 5.74) is 0.525. The molecule has 0 aliphatic rings. The second-order valence-electron chi connectivity index (χ2n) is 4.01. The van der Waals surface area contributed by atoms with E-state index in [0.29, 0.717) is 11.6 Å². The number of H-pyrrole nitrogens is 2. The molecule has 108 valence electrons. The Morgan fingerprint density at radius 2 is 2.00 bits per heavy atom. The zero-order valence-corrected chi connectivity index (χ0v) is 10.9. The molecule has 0 saturated heterocycles. The number of carboxylic acid groups (broad SMARTS) is 1. The van der Waals surface area contributed by atoms with Crippen molar-refractivity contribution in [3.05, 3.63) is 47.7 Å². The first-order valence-corrected chi connectivity index (χ1v) is 6.02. The van der Waals surface area contributed by atoms with Gasteiger partial charge >= 0.3 is 5.97 Å². The minimum Gasteiger partial charge on any atom is -0.476 e. The molecule has 22 heavy (non-hydrogen) atoms. The summed E-state index contributed by atoms with van der Waals surface area (Å²) < 4.78 is 5.35. The molecule has 3 aromatic rings. The average Bonchev–Trinajstić information content (AvgIpc) is 3.17.